The van der Waals surface area contributed by atoms with Gasteiger partial charge in [0, 0.05) is 17.4 Å². The van der Waals surface area contributed by atoms with Crippen LogP contribution in [0.3, 0.4) is 0 Å². The minimum Gasteiger partial charge on any atom is -0.481 e. The number of aryl methyl sites for hydroxylation is 2. The van der Waals surface area contributed by atoms with E-state index in [0.29, 0.717) is 16.9 Å². The number of ether oxygens (including phenoxy) is 1. The lowest BCUT2D eigenvalue weighted by molar-refractivity contribution is -0.118. The van der Waals surface area contributed by atoms with Crippen molar-refractivity contribution in [3.63, 3.8) is 0 Å². The van der Waals surface area contributed by atoms with Gasteiger partial charge in [0.2, 0.25) is 0 Å². The van der Waals surface area contributed by atoms with Gasteiger partial charge in [0.05, 0.1) is 0 Å². The van der Waals surface area contributed by atoms with Gasteiger partial charge in [-0.1, -0.05) is 12.1 Å². The number of nitrogen functional groups attached to an aromatic ring is 1. The van der Waals surface area contributed by atoms with Gasteiger partial charge in [0.25, 0.3) is 5.91 Å². The Morgan fingerprint density at radius 1 is 1.29 bits per heavy atom. The van der Waals surface area contributed by atoms with E-state index < -0.39 is 5.82 Å². The number of carbonyl (C=O) groups is 1. The lowest BCUT2D eigenvalue weighted by atomic mass is 10.2. The fraction of sp³-hybridized carbons (Fsp3) is 0.188. The van der Waals surface area contributed by atoms with Gasteiger partial charge in [-0.05, 0) is 43.2 Å². The summed E-state index contributed by atoms with van der Waals surface area (Å²) in [5.74, 6) is -0.919. The highest BCUT2D eigenvalue weighted by Gasteiger charge is 2.09. The highest BCUT2D eigenvalue weighted by atomic mass is 19.1. The Bertz CT molecular complexity index is 671. The summed E-state index contributed by atoms with van der Waals surface area (Å²) < 4.78 is 18.8. The molecule has 0 saturated heterocycles. The van der Waals surface area contributed by atoms with Crippen molar-refractivity contribution in [1.29, 1.82) is 0 Å². The van der Waals surface area contributed by atoms with Crippen molar-refractivity contribution in [2.24, 2.45) is 0 Å². The molecule has 0 radical (unpaired) electrons. The van der Waals surface area contributed by atoms with Crippen LogP contribution in [0.25, 0.3) is 0 Å². The maximum Gasteiger partial charge on any atom is 0.262 e. The van der Waals surface area contributed by atoms with Gasteiger partial charge in [0.1, 0.15) is 0 Å². The monoisotopic (exact) mass is 288 g/mol. The summed E-state index contributed by atoms with van der Waals surface area (Å²) in [6, 6.07) is 10.0. The molecule has 0 aliphatic heterocycles. The number of rotatable bonds is 4. The number of anilines is 2. The van der Waals surface area contributed by atoms with Crippen LogP contribution in [0, 0.1) is 19.7 Å². The first-order valence-corrected chi connectivity index (χ1v) is 6.50. The third kappa shape index (κ3) is 3.95. The number of amides is 1. The minimum absolute atomic E-state index is 0.0149. The average molecular weight is 288 g/mol. The van der Waals surface area contributed by atoms with E-state index in [1.165, 1.54) is 12.1 Å². The molecule has 0 spiro atoms. The average Bonchev–Trinajstić information content (AvgIpc) is 2.41. The fourth-order valence-electron chi connectivity index (χ4n) is 1.84. The summed E-state index contributed by atoms with van der Waals surface area (Å²) in [6.07, 6.45) is 0. The maximum atomic E-state index is 13.6. The molecule has 0 aromatic heterocycles. The van der Waals surface area contributed by atoms with Crippen LogP contribution in [-0.4, -0.2) is 12.5 Å². The lowest BCUT2D eigenvalue weighted by Crippen LogP contribution is -2.20. The predicted octanol–water partition coefficient (Wildman–Crippen LogP) is 3.04. The van der Waals surface area contributed by atoms with Gasteiger partial charge in [-0.2, -0.15) is 0 Å². The van der Waals surface area contributed by atoms with Gasteiger partial charge in [-0.15, -0.1) is 0 Å². The van der Waals surface area contributed by atoms with E-state index in [9.17, 15) is 9.18 Å². The first kappa shape index (κ1) is 14.8. The number of nitrogens with two attached hydrogens (primary N) is 1. The SMILES string of the molecule is Cc1cccc(NC(=O)COc2cc(C)c(N)cc2F)c1. The number of hydrogen-bond acceptors (Lipinski definition) is 3. The number of nitrogens with one attached hydrogen (secondary N) is 1. The van der Waals surface area contributed by atoms with Gasteiger partial charge < -0.3 is 15.8 Å². The van der Waals surface area contributed by atoms with Gasteiger partial charge >= 0.3 is 0 Å². The first-order valence-electron chi connectivity index (χ1n) is 6.50. The smallest absolute Gasteiger partial charge is 0.262 e. The molecule has 0 saturated carbocycles. The summed E-state index contributed by atoms with van der Waals surface area (Å²) in [7, 11) is 0. The van der Waals surface area contributed by atoms with E-state index in [1.54, 1.807) is 13.0 Å². The third-order valence-corrected chi connectivity index (χ3v) is 2.98. The largest absolute Gasteiger partial charge is 0.481 e. The molecular weight excluding hydrogens is 271 g/mol. The molecule has 1 amide bonds. The molecule has 2 aromatic carbocycles. The standard InChI is InChI=1S/C16H17FN2O2/c1-10-4-3-5-12(6-10)19-16(20)9-21-15-7-11(2)14(18)8-13(15)17/h3-8H,9,18H2,1-2H3,(H,19,20). The zero-order valence-electron chi connectivity index (χ0n) is 11.9. The summed E-state index contributed by atoms with van der Waals surface area (Å²) >= 11 is 0. The highest BCUT2D eigenvalue weighted by molar-refractivity contribution is 5.91. The minimum atomic E-state index is -0.582. The topological polar surface area (TPSA) is 64.3 Å². The van der Waals surface area contributed by atoms with Crippen LogP contribution < -0.4 is 15.8 Å². The molecule has 5 heteroatoms. The van der Waals surface area contributed by atoms with Crippen LogP contribution in [0.2, 0.25) is 0 Å². The molecule has 0 bridgehead atoms. The molecule has 110 valence electrons. The van der Waals surface area contributed by atoms with E-state index in [-0.39, 0.29) is 18.3 Å². The fourth-order valence-corrected chi connectivity index (χ4v) is 1.84. The molecular formula is C16H17FN2O2. The van der Waals surface area contributed by atoms with Crippen molar-refractivity contribution in [2.75, 3.05) is 17.7 Å². The number of benzene rings is 2. The molecule has 0 fully saturated rings. The summed E-state index contributed by atoms with van der Waals surface area (Å²) in [6.45, 7) is 3.40. The van der Waals surface area contributed by atoms with Crippen LogP contribution in [0.15, 0.2) is 36.4 Å². The van der Waals surface area contributed by atoms with E-state index >= 15 is 0 Å². The molecule has 0 atom stereocenters. The third-order valence-electron chi connectivity index (χ3n) is 2.98. The molecule has 2 rings (SSSR count). The van der Waals surface area contributed by atoms with Crippen LogP contribution in [-0.2, 0) is 4.79 Å². The predicted molar refractivity (Wildman–Crippen MR) is 80.9 cm³/mol. The molecule has 0 aliphatic rings. The van der Waals surface area contributed by atoms with Crippen molar-refractivity contribution in [3.8, 4) is 5.75 Å². The quantitative estimate of drug-likeness (QED) is 0.850. The Morgan fingerprint density at radius 3 is 2.76 bits per heavy atom. The van der Waals surface area contributed by atoms with Gasteiger partial charge in [0.15, 0.2) is 18.2 Å². The Balaban J connectivity index is 1.97. The second-order valence-electron chi connectivity index (χ2n) is 4.85. The summed E-state index contributed by atoms with van der Waals surface area (Å²) in [4.78, 5) is 11.8. The van der Waals surface area contributed by atoms with Crippen molar-refractivity contribution in [3.05, 3.63) is 53.3 Å². The summed E-state index contributed by atoms with van der Waals surface area (Å²) in [5, 5.41) is 2.69. The van der Waals surface area contributed by atoms with E-state index in [2.05, 4.69) is 5.32 Å². The Morgan fingerprint density at radius 2 is 2.05 bits per heavy atom. The van der Waals surface area contributed by atoms with E-state index in [4.69, 9.17) is 10.5 Å². The molecule has 0 unspecified atom stereocenters. The first-order chi connectivity index (χ1) is 9.95. The molecule has 0 heterocycles. The second kappa shape index (κ2) is 6.26. The molecule has 21 heavy (non-hydrogen) atoms. The number of halogens is 1. The zero-order valence-corrected chi connectivity index (χ0v) is 11.9. The van der Waals surface area contributed by atoms with Crippen LogP contribution in [0.1, 0.15) is 11.1 Å². The van der Waals surface area contributed by atoms with Crippen LogP contribution >= 0.6 is 0 Å². The zero-order chi connectivity index (χ0) is 15.4. The number of hydrogen-bond donors (Lipinski definition) is 2. The van der Waals surface area contributed by atoms with Crippen LogP contribution in [0.4, 0.5) is 15.8 Å². The van der Waals surface area contributed by atoms with Crippen LogP contribution in [0.5, 0.6) is 5.75 Å². The Labute approximate surface area is 122 Å². The molecule has 2 aromatic rings. The second-order valence-corrected chi connectivity index (χ2v) is 4.85. The molecule has 4 nitrogen and oxygen atoms in total. The normalized spacial score (nSPS) is 10.2. The Kier molecular flexibility index (Phi) is 4.42. The Hall–Kier alpha value is -2.56. The van der Waals surface area contributed by atoms with Gasteiger partial charge in [-0.25, -0.2) is 4.39 Å². The lowest BCUT2D eigenvalue weighted by Gasteiger charge is -2.10. The van der Waals surface area contributed by atoms with E-state index in [0.717, 1.165) is 5.56 Å². The maximum absolute atomic E-state index is 13.6. The van der Waals surface area contributed by atoms with Crippen molar-refractivity contribution >= 4 is 17.3 Å². The van der Waals surface area contributed by atoms with Crippen molar-refractivity contribution in [2.45, 2.75) is 13.8 Å². The molecule has 0 aliphatic carbocycles. The van der Waals surface area contributed by atoms with E-state index in [1.807, 2.05) is 25.1 Å². The van der Waals surface area contributed by atoms with Crippen molar-refractivity contribution < 1.29 is 13.9 Å². The van der Waals surface area contributed by atoms with Gasteiger partial charge in [-0.3, -0.25) is 4.79 Å². The summed E-state index contributed by atoms with van der Waals surface area (Å²) in [5.41, 5.74) is 8.35. The highest BCUT2D eigenvalue weighted by Crippen LogP contribution is 2.23. The molecule has 3 N–H and O–H groups in total. The van der Waals surface area contributed by atoms with Crippen molar-refractivity contribution in [1.82, 2.24) is 0 Å². The number of carbonyl (C=O) groups excluding carboxylic acids is 1.